The van der Waals surface area contributed by atoms with E-state index in [4.69, 9.17) is 5.73 Å². The number of carbonyl (C=O) groups is 1. The Bertz CT molecular complexity index is 637. The van der Waals surface area contributed by atoms with Crippen molar-refractivity contribution in [2.75, 3.05) is 5.32 Å². The molecule has 0 radical (unpaired) electrons. The number of nitrogens with two attached hydrogens (primary N) is 1. The molecule has 1 atom stereocenters. The molecule has 0 bridgehead atoms. The van der Waals surface area contributed by atoms with E-state index in [1.165, 1.54) is 22.4 Å². The van der Waals surface area contributed by atoms with Crippen LogP contribution >= 0.6 is 11.3 Å². The monoisotopic (exact) mass is 289 g/mol. The van der Waals surface area contributed by atoms with E-state index in [1.807, 2.05) is 6.92 Å². The third kappa shape index (κ3) is 2.68. The van der Waals surface area contributed by atoms with Crippen LogP contribution in [-0.4, -0.2) is 26.9 Å². The molecule has 2 aromatic heterocycles. The molecular formula is C13H15N5OS. The first-order valence-corrected chi connectivity index (χ1v) is 7.27. The van der Waals surface area contributed by atoms with Crippen LogP contribution in [0.25, 0.3) is 0 Å². The fraction of sp³-hybridized carbons (Fsp3) is 0.385. The van der Waals surface area contributed by atoms with Crippen LogP contribution in [0.5, 0.6) is 0 Å². The van der Waals surface area contributed by atoms with Gasteiger partial charge in [-0.3, -0.25) is 15.1 Å². The summed E-state index contributed by atoms with van der Waals surface area (Å²) in [5.74, 6) is -0.284. The van der Waals surface area contributed by atoms with E-state index in [1.54, 1.807) is 6.20 Å². The molecule has 3 rings (SSSR count). The maximum absolute atomic E-state index is 12.0. The van der Waals surface area contributed by atoms with Gasteiger partial charge in [0.1, 0.15) is 5.69 Å². The zero-order valence-corrected chi connectivity index (χ0v) is 11.9. The van der Waals surface area contributed by atoms with Gasteiger partial charge in [-0.1, -0.05) is 0 Å². The Morgan fingerprint density at radius 2 is 2.30 bits per heavy atom. The maximum atomic E-state index is 12.0. The van der Waals surface area contributed by atoms with Crippen molar-refractivity contribution in [1.82, 2.24) is 15.0 Å². The van der Waals surface area contributed by atoms with Gasteiger partial charge in [0.25, 0.3) is 5.91 Å². The number of anilines is 1. The molecular weight excluding hydrogens is 274 g/mol. The lowest BCUT2D eigenvalue weighted by Gasteiger charge is -2.15. The Morgan fingerprint density at radius 1 is 1.45 bits per heavy atom. The molecule has 6 nitrogen and oxygen atoms in total. The number of aromatic nitrogens is 3. The van der Waals surface area contributed by atoms with Crippen LogP contribution in [0.4, 0.5) is 5.13 Å². The molecule has 1 aliphatic carbocycles. The summed E-state index contributed by atoms with van der Waals surface area (Å²) < 4.78 is 0. The predicted octanol–water partition coefficient (Wildman–Crippen LogP) is 1.31. The number of nitrogens with zero attached hydrogens (tertiary/aromatic N) is 3. The summed E-state index contributed by atoms with van der Waals surface area (Å²) in [5.41, 5.74) is 8.07. The molecule has 20 heavy (non-hydrogen) atoms. The number of fused-ring (bicyclic) bond motifs is 1. The van der Waals surface area contributed by atoms with E-state index < -0.39 is 0 Å². The van der Waals surface area contributed by atoms with Crippen molar-refractivity contribution in [3.05, 3.63) is 34.4 Å². The van der Waals surface area contributed by atoms with Crippen LogP contribution in [0.1, 0.15) is 33.2 Å². The smallest absolute Gasteiger partial charge is 0.277 e. The quantitative estimate of drug-likeness (QED) is 0.869. The minimum atomic E-state index is -0.284. The second-order valence-electron chi connectivity index (χ2n) is 4.89. The van der Waals surface area contributed by atoms with Gasteiger partial charge in [-0.25, -0.2) is 9.97 Å². The number of amides is 1. The predicted molar refractivity (Wildman–Crippen MR) is 76.8 cm³/mol. The first-order chi connectivity index (χ1) is 9.61. The highest BCUT2D eigenvalue weighted by molar-refractivity contribution is 7.15. The molecule has 0 fully saturated rings. The largest absolute Gasteiger partial charge is 0.327 e. The van der Waals surface area contributed by atoms with Gasteiger partial charge in [0.15, 0.2) is 5.13 Å². The van der Waals surface area contributed by atoms with Gasteiger partial charge in [-0.15, -0.1) is 11.3 Å². The summed E-state index contributed by atoms with van der Waals surface area (Å²) >= 11 is 1.49. The topological polar surface area (TPSA) is 93.8 Å². The molecule has 0 aliphatic heterocycles. The summed E-state index contributed by atoms with van der Waals surface area (Å²) in [6.07, 6.45) is 5.71. The summed E-state index contributed by atoms with van der Waals surface area (Å²) in [6.45, 7) is 1.83. The van der Waals surface area contributed by atoms with Crippen molar-refractivity contribution in [3.63, 3.8) is 0 Å². The Hall–Kier alpha value is -1.86. The van der Waals surface area contributed by atoms with E-state index in [0.29, 0.717) is 10.8 Å². The van der Waals surface area contributed by atoms with Gasteiger partial charge in [0, 0.05) is 17.1 Å². The van der Waals surface area contributed by atoms with Gasteiger partial charge in [0.05, 0.1) is 17.6 Å². The number of nitrogens with one attached hydrogen (secondary N) is 1. The number of carbonyl (C=O) groups excluding carboxylic acids is 1. The number of hydrogen-bond acceptors (Lipinski definition) is 6. The summed E-state index contributed by atoms with van der Waals surface area (Å²) in [7, 11) is 0. The van der Waals surface area contributed by atoms with E-state index in [0.717, 1.165) is 30.7 Å². The lowest BCUT2D eigenvalue weighted by molar-refractivity contribution is 0.102. The average molecular weight is 289 g/mol. The van der Waals surface area contributed by atoms with Gasteiger partial charge in [-0.05, 0) is 26.2 Å². The van der Waals surface area contributed by atoms with E-state index in [9.17, 15) is 4.79 Å². The standard InChI is InChI=1S/C13H15N5OS/c1-7-5-16-10(6-15-7)12(19)18-13-17-9-3-2-8(14)4-11(9)20-13/h5-6,8H,2-4,14H2,1H3,(H,17,18,19)/t8-/m0/s1. The maximum Gasteiger partial charge on any atom is 0.277 e. The third-order valence-corrected chi connectivity index (χ3v) is 4.25. The highest BCUT2D eigenvalue weighted by Gasteiger charge is 2.21. The fourth-order valence-corrected chi connectivity index (χ4v) is 3.22. The molecule has 7 heteroatoms. The first kappa shape index (κ1) is 13.1. The molecule has 0 spiro atoms. The van der Waals surface area contributed by atoms with Crippen molar-refractivity contribution in [2.45, 2.75) is 32.2 Å². The Kier molecular flexibility index (Phi) is 3.45. The molecule has 0 unspecified atom stereocenters. The normalized spacial score (nSPS) is 17.6. The SMILES string of the molecule is Cc1cnc(C(=O)Nc2nc3c(s2)C[C@@H](N)CC3)cn1. The van der Waals surface area contributed by atoms with E-state index >= 15 is 0 Å². The van der Waals surface area contributed by atoms with Crippen LogP contribution in [0.2, 0.25) is 0 Å². The van der Waals surface area contributed by atoms with Gasteiger partial charge < -0.3 is 5.73 Å². The summed E-state index contributed by atoms with van der Waals surface area (Å²) in [4.78, 5) is 25.8. The Morgan fingerprint density at radius 3 is 3.05 bits per heavy atom. The number of thiazole rings is 1. The van der Waals surface area contributed by atoms with Gasteiger partial charge in [-0.2, -0.15) is 0 Å². The molecule has 2 aromatic rings. The Labute approximate surface area is 120 Å². The number of aryl methyl sites for hydroxylation is 2. The van der Waals surface area contributed by atoms with Crippen molar-refractivity contribution in [2.24, 2.45) is 5.73 Å². The second-order valence-corrected chi connectivity index (χ2v) is 5.97. The number of hydrogen-bond donors (Lipinski definition) is 2. The van der Waals surface area contributed by atoms with Gasteiger partial charge in [0.2, 0.25) is 0 Å². The highest BCUT2D eigenvalue weighted by atomic mass is 32.1. The van der Waals surface area contributed by atoms with Gasteiger partial charge >= 0.3 is 0 Å². The van der Waals surface area contributed by atoms with Crippen LogP contribution in [0, 0.1) is 6.92 Å². The second kappa shape index (κ2) is 5.26. The van der Waals surface area contributed by atoms with E-state index in [-0.39, 0.29) is 11.9 Å². The number of rotatable bonds is 2. The molecule has 0 saturated heterocycles. The zero-order chi connectivity index (χ0) is 14.1. The Balaban J connectivity index is 1.75. The zero-order valence-electron chi connectivity index (χ0n) is 11.1. The molecule has 2 heterocycles. The van der Waals surface area contributed by atoms with Crippen LogP contribution in [-0.2, 0) is 12.8 Å². The van der Waals surface area contributed by atoms with Crippen LogP contribution in [0.15, 0.2) is 12.4 Å². The minimum Gasteiger partial charge on any atom is -0.327 e. The first-order valence-electron chi connectivity index (χ1n) is 6.46. The van der Waals surface area contributed by atoms with Crippen molar-refractivity contribution < 1.29 is 4.79 Å². The summed E-state index contributed by atoms with van der Waals surface area (Å²) in [6, 6.07) is 0.203. The third-order valence-electron chi connectivity index (χ3n) is 3.21. The molecule has 0 saturated carbocycles. The average Bonchev–Trinajstić information content (AvgIpc) is 2.80. The van der Waals surface area contributed by atoms with Crippen molar-refractivity contribution in [3.8, 4) is 0 Å². The van der Waals surface area contributed by atoms with Crippen molar-refractivity contribution in [1.29, 1.82) is 0 Å². The van der Waals surface area contributed by atoms with Crippen LogP contribution in [0.3, 0.4) is 0 Å². The lowest BCUT2D eigenvalue weighted by atomic mass is 9.99. The minimum absolute atomic E-state index is 0.203. The van der Waals surface area contributed by atoms with Crippen molar-refractivity contribution >= 4 is 22.4 Å². The molecule has 104 valence electrons. The van der Waals surface area contributed by atoms with E-state index in [2.05, 4.69) is 20.3 Å². The molecule has 0 aromatic carbocycles. The highest BCUT2D eigenvalue weighted by Crippen LogP contribution is 2.29. The summed E-state index contributed by atoms with van der Waals surface area (Å²) in [5, 5.41) is 3.38. The molecule has 1 amide bonds. The molecule has 3 N–H and O–H groups in total. The lowest BCUT2D eigenvalue weighted by Crippen LogP contribution is -2.27. The fourth-order valence-electron chi connectivity index (χ4n) is 2.12. The molecule has 1 aliphatic rings. The van der Waals surface area contributed by atoms with Crippen LogP contribution < -0.4 is 11.1 Å².